The average molecular weight is 273 g/mol. The summed E-state index contributed by atoms with van der Waals surface area (Å²) in [6.07, 6.45) is 9.13. The Labute approximate surface area is 122 Å². The molecule has 2 N–H and O–H groups in total. The van der Waals surface area contributed by atoms with Crippen LogP contribution in [-0.4, -0.2) is 29.5 Å². The van der Waals surface area contributed by atoms with Gasteiger partial charge in [0.05, 0.1) is 0 Å². The van der Waals surface area contributed by atoms with Crippen LogP contribution in [0.2, 0.25) is 0 Å². The van der Waals surface area contributed by atoms with Crippen molar-refractivity contribution in [2.45, 2.75) is 45.1 Å². The van der Waals surface area contributed by atoms with Crippen molar-refractivity contribution in [1.29, 1.82) is 0 Å². The molecule has 0 spiro atoms. The topological polar surface area (TPSA) is 42.1 Å². The van der Waals surface area contributed by atoms with E-state index in [1.165, 1.54) is 50.8 Å². The van der Waals surface area contributed by atoms with E-state index in [1.54, 1.807) is 0 Å². The van der Waals surface area contributed by atoms with Gasteiger partial charge < -0.3 is 5.73 Å². The Kier molecular flexibility index (Phi) is 4.37. The van der Waals surface area contributed by atoms with Gasteiger partial charge in [-0.1, -0.05) is 25.3 Å². The van der Waals surface area contributed by atoms with Gasteiger partial charge in [-0.3, -0.25) is 9.88 Å². The zero-order valence-electron chi connectivity index (χ0n) is 12.6. The third-order valence-corrected chi connectivity index (χ3v) is 5.31. The number of nitrogens with zero attached hydrogens (tertiary/aromatic N) is 2. The molecule has 2 aliphatic rings. The summed E-state index contributed by atoms with van der Waals surface area (Å²) in [5.74, 6) is 1.89. The van der Waals surface area contributed by atoms with Crippen LogP contribution in [0.15, 0.2) is 18.3 Å². The van der Waals surface area contributed by atoms with E-state index >= 15 is 0 Å². The molecule has 0 aromatic carbocycles. The Balaban J connectivity index is 1.71. The lowest BCUT2D eigenvalue weighted by Gasteiger charge is -2.44. The fourth-order valence-electron chi connectivity index (χ4n) is 4.08. The van der Waals surface area contributed by atoms with Gasteiger partial charge in [0.15, 0.2) is 0 Å². The Morgan fingerprint density at radius 1 is 1.25 bits per heavy atom. The Hall–Kier alpha value is -0.930. The molecule has 3 nitrogen and oxygen atoms in total. The Bertz CT molecular complexity index is 428. The van der Waals surface area contributed by atoms with Gasteiger partial charge in [-0.2, -0.15) is 0 Å². The summed E-state index contributed by atoms with van der Waals surface area (Å²) in [4.78, 5) is 7.05. The molecule has 3 heteroatoms. The molecule has 1 aromatic heterocycles. The van der Waals surface area contributed by atoms with Gasteiger partial charge in [-0.25, -0.2) is 0 Å². The molecule has 1 aliphatic heterocycles. The zero-order valence-corrected chi connectivity index (χ0v) is 12.6. The number of likely N-dealkylation sites (tertiary alicyclic amines) is 1. The summed E-state index contributed by atoms with van der Waals surface area (Å²) in [6.45, 7) is 5.17. The van der Waals surface area contributed by atoms with Gasteiger partial charge >= 0.3 is 0 Å². The predicted molar refractivity (Wildman–Crippen MR) is 82.4 cm³/mol. The van der Waals surface area contributed by atoms with E-state index in [2.05, 4.69) is 22.0 Å². The third-order valence-electron chi connectivity index (χ3n) is 5.31. The van der Waals surface area contributed by atoms with Crippen LogP contribution in [0.3, 0.4) is 0 Å². The van der Waals surface area contributed by atoms with Crippen LogP contribution in [0, 0.1) is 18.8 Å². The van der Waals surface area contributed by atoms with Crippen LogP contribution in [0.4, 0.5) is 0 Å². The van der Waals surface area contributed by atoms with Crippen molar-refractivity contribution in [3.8, 4) is 0 Å². The highest BCUT2D eigenvalue weighted by Crippen LogP contribution is 2.38. The standard InChI is InChI=1S/C17H27N3/c1-13-6-7-15(11-19-13)17(10-18)20-9-8-14-4-2-3-5-16(14)12-20/h6-7,11,14,16-17H,2-5,8-10,12,18H2,1H3. The molecule has 0 radical (unpaired) electrons. The smallest absolute Gasteiger partial charge is 0.0485 e. The van der Waals surface area contributed by atoms with Crippen molar-refractivity contribution in [2.24, 2.45) is 17.6 Å². The first-order valence-electron chi connectivity index (χ1n) is 8.14. The van der Waals surface area contributed by atoms with Crippen molar-refractivity contribution in [3.63, 3.8) is 0 Å². The van der Waals surface area contributed by atoms with E-state index in [9.17, 15) is 0 Å². The molecule has 2 heterocycles. The number of nitrogens with two attached hydrogens (primary N) is 1. The largest absolute Gasteiger partial charge is 0.329 e. The van der Waals surface area contributed by atoms with Gasteiger partial charge in [-0.15, -0.1) is 0 Å². The Morgan fingerprint density at radius 2 is 2.05 bits per heavy atom. The number of aromatic nitrogens is 1. The van der Waals surface area contributed by atoms with E-state index in [0.717, 1.165) is 17.5 Å². The van der Waals surface area contributed by atoms with Crippen LogP contribution in [0.25, 0.3) is 0 Å². The molecule has 3 unspecified atom stereocenters. The SMILES string of the molecule is Cc1ccc(C(CN)N2CCC3CCCCC3C2)cn1. The fraction of sp³-hybridized carbons (Fsp3) is 0.706. The molecule has 110 valence electrons. The first-order chi connectivity index (χ1) is 9.78. The summed E-state index contributed by atoms with van der Waals surface area (Å²) in [5, 5.41) is 0. The van der Waals surface area contributed by atoms with Crippen molar-refractivity contribution in [1.82, 2.24) is 9.88 Å². The third kappa shape index (κ3) is 2.89. The maximum absolute atomic E-state index is 6.07. The van der Waals surface area contributed by atoms with E-state index in [0.29, 0.717) is 12.6 Å². The van der Waals surface area contributed by atoms with E-state index < -0.39 is 0 Å². The van der Waals surface area contributed by atoms with Crippen LogP contribution < -0.4 is 5.73 Å². The van der Waals surface area contributed by atoms with E-state index in [1.807, 2.05) is 13.1 Å². The molecular weight excluding hydrogens is 246 g/mol. The average Bonchev–Trinajstić information content (AvgIpc) is 2.50. The number of hydrogen-bond donors (Lipinski definition) is 1. The quantitative estimate of drug-likeness (QED) is 0.920. The summed E-state index contributed by atoms with van der Waals surface area (Å²) >= 11 is 0. The Morgan fingerprint density at radius 3 is 2.75 bits per heavy atom. The van der Waals surface area contributed by atoms with Gasteiger partial charge in [0, 0.05) is 31.0 Å². The monoisotopic (exact) mass is 273 g/mol. The molecule has 0 bridgehead atoms. The molecule has 1 aliphatic carbocycles. The number of rotatable bonds is 3. The number of hydrogen-bond acceptors (Lipinski definition) is 3. The predicted octanol–water partition coefficient (Wildman–Crippen LogP) is 2.90. The number of piperidine rings is 1. The first kappa shape index (κ1) is 14.0. The number of pyridine rings is 1. The minimum absolute atomic E-state index is 0.353. The fourth-order valence-corrected chi connectivity index (χ4v) is 4.08. The molecule has 0 amide bonds. The van der Waals surface area contributed by atoms with Gasteiger partial charge in [0.25, 0.3) is 0 Å². The minimum atomic E-state index is 0.353. The lowest BCUT2D eigenvalue weighted by molar-refractivity contribution is 0.0585. The highest BCUT2D eigenvalue weighted by molar-refractivity contribution is 5.18. The summed E-state index contributed by atoms with van der Waals surface area (Å²) in [5.41, 5.74) is 8.44. The summed E-state index contributed by atoms with van der Waals surface area (Å²) in [7, 11) is 0. The molecule has 3 rings (SSSR count). The highest BCUT2D eigenvalue weighted by Gasteiger charge is 2.33. The lowest BCUT2D eigenvalue weighted by Crippen LogP contribution is -2.45. The minimum Gasteiger partial charge on any atom is -0.329 e. The van der Waals surface area contributed by atoms with Gasteiger partial charge in [-0.05, 0) is 49.8 Å². The van der Waals surface area contributed by atoms with E-state index in [-0.39, 0.29) is 0 Å². The first-order valence-corrected chi connectivity index (χ1v) is 8.14. The maximum Gasteiger partial charge on any atom is 0.0485 e. The van der Waals surface area contributed by atoms with Crippen LogP contribution in [-0.2, 0) is 0 Å². The molecular formula is C17H27N3. The van der Waals surface area contributed by atoms with Crippen molar-refractivity contribution in [2.75, 3.05) is 19.6 Å². The van der Waals surface area contributed by atoms with E-state index in [4.69, 9.17) is 5.73 Å². The number of aryl methyl sites for hydroxylation is 1. The lowest BCUT2D eigenvalue weighted by atomic mass is 9.74. The molecule has 1 aromatic rings. The second kappa shape index (κ2) is 6.23. The second-order valence-electron chi connectivity index (χ2n) is 6.57. The van der Waals surface area contributed by atoms with Crippen molar-refractivity contribution in [3.05, 3.63) is 29.6 Å². The van der Waals surface area contributed by atoms with Gasteiger partial charge in [0.1, 0.15) is 0 Å². The molecule has 1 saturated heterocycles. The molecule has 3 atom stereocenters. The van der Waals surface area contributed by atoms with Gasteiger partial charge in [0.2, 0.25) is 0 Å². The number of fused-ring (bicyclic) bond motifs is 1. The zero-order chi connectivity index (χ0) is 13.9. The van der Waals surface area contributed by atoms with Crippen LogP contribution in [0.5, 0.6) is 0 Å². The molecule has 2 fully saturated rings. The van der Waals surface area contributed by atoms with Crippen LogP contribution in [0.1, 0.15) is 49.4 Å². The summed E-state index contributed by atoms with van der Waals surface area (Å²) in [6, 6.07) is 4.66. The normalized spacial score (nSPS) is 28.9. The van der Waals surface area contributed by atoms with Crippen molar-refractivity contribution < 1.29 is 0 Å². The molecule has 1 saturated carbocycles. The summed E-state index contributed by atoms with van der Waals surface area (Å²) < 4.78 is 0. The van der Waals surface area contributed by atoms with Crippen LogP contribution >= 0.6 is 0 Å². The molecule has 20 heavy (non-hydrogen) atoms. The highest BCUT2D eigenvalue weighted by atomic mass is 15.2. The second-order valence-corrected chi connectivity index (χ2v) is 6.57. The van der Waals surface area contributed by atoms with Crippen molar-refractivity contribution >= 4 is 0 Å². The maximum atomic E-state index is 6.07.